The zero-order valence-corrected chi connectivity index (χ0v) is 18.9. The second-order valence-corrected chi connectivity index (χ2v) is 8.21. The van der Waals surface area contributed by atoms with E-state index >= 15 is 0 Å². The number of halogens is 1. The fourth-order valence-corrected chi connectivity index (χ4v) is 4.05. The van der Waals surface area contributed by atoms with Crippen molar-refractivity contribution in [3.05, 3.63) is 64.4 Å². The van der Waals surface area contributed by atoms with E-state index in [-0.39, 0.29) is 5.91 Å². The van der Waals surface area contributed by atoms with Crippen LogP contribution in [0.3, 0.4) is 0 Å². The summed E-state index contributed by atoms with van der Waals surface area (Å²) in [6, 6.07) is 13.7. The molecular formula is C22H25ClN4O2S. The molecule has 0 unspecified atom stereocenters. The van der Waals surface area contributed by atoms with Gasteiger partial charge in [-0.25, -0.2) is 0 Å². The minimum atomic E-state index is 0.000416. The molecule has 1 aromatic heterocycles. The Kier molecular flexibility index (Phi) is 7.76. The van der Waals surface area contributed by atoms with E-state index in [1.54, 1.807) is 18.9 Å². The van der Waals surface area contributed by atoms with E-state index in [1.165, 1.54) is 0 Å². The Bertz CT molecular complexity index is 1020. The Labute approximate surface area is 186 Å². The maximum Gasteiger partial charge on any atom is 0.220 e. The van der Waals surface area contributed by atoms with E-state index in [4.69, 9.17) is 16.3 Å². The van der Waals surface area contributed by atoms with Gasteiger partial charge in [0.2, 0.25) is 5.91 Å². The molecular weight excluding hydrogens is 420 g/mol. The molecule has 6 nitrogen and oxygen atoms in total. The van der Waals surface area contributed by atoms with Crippen molar-refractivity contribution in [1.29, 1.82) is 0 Å². The number of nitrogens with one attached hydrogen (secondary N) is 1. The highest BCUT2D eigenvalue weighted by Gasteiger charge is 2.17. The Morgan fingerprint density at radius 2 is 2.07 bits per heavy atom. The molecule has 2 aromatic carbocycles. The first-order chi connectivity index (χ1) is 14.5. The van der Waals surface area contributed by atoms with Crippen LogP contribution in [0.1, 0.15) is 36.7 Å². The molecule has 0 aliphatic carbocycles. The number of benzene rings is 2. The molecule has 0 aliphatic rings. The van der Waals surface area contributed by atoms with Crippen LogP contribution in [0.15, 0.2) is 47.6 Å². The third-order valence-corrected chi connectivity index (χ3v) is 5.77. The number of thioether (sulfide) groups is 1. The lowest BCUT2D eigenvalue weighted by Gasteiger charge is -2.14. The van der Waals surface area contributed by atoms with Crippen LogP contribution in [0.5, 0.6) is 5.75 Å². The van der Waals surface area contributed by atoms with Crippen molar-refractivity contribution in [1.82, 2.24) is 20.1 Å². The fraction of sp³-hybridized carbons (Fsp3) is 0.318. The number of ether oxygens (including phenoxy) is 1. The quantitative estimate of drug-likeness (QED) is 0.473. The van der Waals surface area contributed by atoms with Gasteiger partial charge in [0.05, 0.1) is 19.3 Å². The summed E-state index contributed by atoms with van der Waals surface area (Å²) in [5.41, 5.74) is 3.07. The second kappa shape index (κ2) is 10.5. The molecule has 0 fully saturated rings. The standard InChI is InChI=1S/C22H25ClN4O2S/c1-4-6-21(28)24-13-20-25-26-22(27(20)19-12-17(23)10-9-15(19)2)30-14-16-7-5-8-18(11-16)29-3/h5,7-12H,4,6,13-14H2,1-3H3,(H,24,28). The molecule has 3 rings (SSSR count). The van der Waals surface area contributed by atoms with Crippen molar-refractivity contribution in [2.24, 2.45) is 0 Å². The van der Waals surface area contributed by atoms with Crippen LogP contribution < -0.4 is 10.1 Å². The zero-order valence-electron chi connectivity index (χ0n) is 17.3. The van der Waals surface area contributed by atoms with E-state index in [0.717, 1.165) is 34.1 Å². The lowest BCUT2D eigenvalue weighted by atomic mass is 10.2. The largest absolute Gasteiger partial charge is 0.497 e. The topological polar surface area (TPSA) is 69.0 Å². The molecule has 1 heterocycles. The Morgan fingerprint density at radius 3 is 2.83 bits per heavy atom. The smallest absolute Gasteiger partial charge is 0.220 e. The van der Waals surface area contributed by atoms with Crippen molar-refractivity contribution >= 4 is 29.3 Å². The van der Waals surface area contributed by atoms with Gasteiger partial charge < -0.3 is 10.1 Å². The first-order valence-electron chi connectivity index (χ1n) is 9.75. The number of aromatic nitrogens is 3. The fourth-order valence-electron chi connectivity index (χ4n) is 2.98. The molecule has 0 saturated carbocycles. The van der Waals surface area contributed by atoms with Crippen molar-refractivity contribution in [3.8, 4) is 11.4 Å². The highest BCUT2D eigenvalue weighted by molar-refractivity contribution is 7.98. The van der Waals surface area contributed by atoms with Gasteiger partial charge in [-0.1, -0.05) is 48.5 Å². The van der Waals surface area contributed by atoms with Gasteiger partial charge in [-0.15, -0.1) is 10.2 Å². The van der Waals surface area contributed by atoms with E-state index in [1.807, 2.05) is 60.9 Å². The van der Waals surface area contributed by atoms with Crippen LogP contribution in [-0.2, 0) is 17.1 Å². The van der Waals surface area contributed by atoms with Gasteiger partial charge in [-0.2, -0.15) is 0 Å². The molecule has 8 heteroatoms. The third-order valence-electron chi connectivity index (χ3n) is 4.54. The lowest BCUT2D eigenvalue weighted by molar-refractivity contribution is -0.121. The number of carbonyl (C=O) groups excluding carboxylic acids is 1. The SMILES string of the molecule is CCCC(=O)NCc1nnc(SCc2cccc(OC)c2)n1-c1cc(Cl)ccc1C. The number of hydrogen-bond donors (Lipinski definition) is 1. The molecule has 0 saturated heterocycles. The molecule has 3 aromatic rings. The Hall–Kier alpha value is -2.51. The van der Waals surface area contributed by atoms with Gasteiger partial charge in [0.15, 0.2) is 11.0 Å². The number of carbonyl (C=O) groups is 1. The van der Waals surface area contributed by atoms with Crippen LogP contribution in [-0.4, -0.2) is 27.8 Å². The molecule has 0 atom stereocenters. The van der Waals surface area contributed by atoms with Gasteiger partial charge in [0, 0.05) is 17.2 Å². The van der Waals surface area contributed by atoms with Gasteiger partial charge in [0.1, 0.15) is 5.75 Å². The van der Waals surface area contributed by atoms with Crippen molar-refractivity contribution in [2.45, 2.75) is 44.1 Å². The first-order valence-corrected chi connectivity index (χ1v) is 11.1. The summed E-state index contributed by atoms with van der Waals surface area (Å²) in [6.45, 7) is 4.30. The summed E-state index contributed by atoms with van der Waals surface area (Å²) in [7, 11) is 1.66. The molecule has 0 spiro atoms. The van der Waals surface area contributed by atoms with Crippen LogP contribution in [0, 0.1) is 6.92 Å². The van der Waals surface area contributed by atoms with Crippen molar-refractivity contribution < 1.29 is 9.53 Å². The van der Waals surface area contributed by atoms with Gasteiger partial charge in [-0.3, -0.25) is 9.36 Å². The Balaban J connectivity index is 1.90. The average Bonchev–Trinajstić information content (AvgIpc) is 3.15. The zero-order chi connectivity index (χ0) is 21.5. The number of amides is 1. The van der Waals surface area contributed by atoms with Gasteiger partial charge >= 0.3 is 0 Å². The number of hydrogen-bond acceptors (Lipinski definition) is 5. The molecule has 0 radical (unpaired) electrons. The summed E-state index contributed by atoms with van der Waals surface area (Å²) >= 11 is 7.84. The maximum atomic E-state index is 12.0. The van der Waals surface area contributed by atoms with E-state index < -0.39 is 0 Å². The third kappa shape index (κ3) is 5.55. The highest BCUT2D eigenvalue weighted by atomic mass is 35.5. The average molecular weight is 445 g/mol. The van der Waals surface area contributed by atoms with Crippen LogP contribution >= 0.6 is 23.4 Å². The van der Waals surface area contributed by atoms with E-state index in [2.05, 4.69) is 15.5 Å². The number of aryl methyl sites for hydroxylation is 1. The summed E-state index contributed by atoms with van der Waals surface area (Å²) in [5, 5.41) is 13.0. The molecule has 0 aliphatic heterocycles. The predicted octanol–water partition coefficient (Wildman–Crippen LogP) is 4.95. The van der Waals surface area contributed by atoms with Crippen LogP contribution in [0.4, 0.5) is 0 Å². The first kappa shape index (κ1) is 22.2. The summed E-state index contributed by atoms with van der Waals surface area (Å²) < 4.78 is 7.28. The normalized spacial score (nSPS) is 10.8. The highest BCUT2D eigenvalue weighted by Crippen LogP contribution is 2.29. The molecule has 158 valence electrons. The van der Waals surface area contributed by atoms with Crippen molar-refractivity contribution in [3.63, 3.8) is 0 Å². The summed E-state index contributed by atoms with van der Waals surface area (Å²) in [4.78, 5) is 12.0. The van der Waals surface area contributed by atoms with Crippen LogP contribution in [0.25, 0.3) is 5.69 Å². The molecule has 30 heavy (non-hydrogen) atoms. The minimum absolute atomic E-state index is 0.000416. The Morgan fingerprint density at radius 1 is 1.23 bits per heavy atom. The van der Waals surface area contributed by atoms with E-state index in [0.29, 0.717) is 29.6 Å². The molecule has 1 amide bonds. The van der Waals surface area contributed by atoms with E-state index in [9.17, 15) is 4.79 Å². The molecule has 1 N–H and O–H groups in total. The van der Waals surface area contributed by atoms with Gasteiger partial charge in [0.25, 0.3) is 0 Å². The van der Waals surface area contributed by atoms with Gasteiger partial charge in [-0.05, 0) is 48.7 Å². The molecule has 0 bridgehead atoms. The number of nitrogens with zero attached hydrogens (tertiary/aromatic N) is 3. The monoisotopic (exact) mass is 444 g/mol. The summed E-state index contributed by atoms with van der Waals surface area (Å²) in [6.07, 6.45) is 1.29. The van der Waals surface area contributed by atoms with Crippen molar-refractivity contribution in [2.75, 3.05) is 7.11 Å². The minimum Gasteiger partial charge on any atom is -0.497 e. The number of methoxy groups -OCH3 is 1. The predicted molar refractivity (Wildman–Crippen MR) is 120 cm³/mol. The summed E-state index contributed by atoms with van der Waals surface area (Å²) in [5.74, 6) is 2.19. The lowest BCUT2D eigenvalue weighted by Crippen LogP contribution is -2.24. The number of rotatable bonds is 9. The van der Waals surface area contributed by atoms with Crippen LogP contribution in [0.2, 0.25) is 5.02 Å². The second-order valence-electron chi connectivity index (χ2n) is 6.83. The maximum absolute atomic E-state index is 12.0.